The quantitative estimate of drug-likeness (QED) is 0.699. The van der Waals surface area contributed by atoms with E-state index in [0.29, 0.717) is 10.9 Å². The molecule has 0 aliphatic carbocycles. The van der Waals surface area contributed by atoms with Gasteiger partial charge in [0.15, 0.2) is 5.17 Å². The summed E-state index contributed by atoms with van der Waals surface area (Å²) in [5.74, 6) is 0.0488. The van der Waals surface area contributed by atoms with Crippen LogP contribution >= 0.6 is 11.8 Å². The molecular weight excluding hydrogens is 301 g/mol. The van der Waals surface area contributed by atoms with Crippen LogP contribution in [-0.4, -0.2) is 23.0 Å². The number of nitrogens with one attached hydrogen (secondary N) is 1. The van der Waals surface area contributed by atoms with Crippen molar-refractivity contribution in [3.8, 4) is 11.1 Å². The molecule has 2 aromatic rings. The highest BCUT2D eigenvalue weighted by Crippen LogP contribution is 2.20. The minimum atomic E-state index is -0.267. The third kappa shape index (κ3) is 3.59. The first kappa shape index (κ1) is 14.5. The van der Waals surface area contributed by atoms with Crippen LogP contribution in [0.2, 0.25) is 0 Å². The van der Waals surface area contributed by atoms with Gasteiger partial charge in [0.1, 0.15) is 5.82 Å². The molecule has 2 aromatic carbocycles. The maximum absolute atomic E-state index is 13.3. The predicted octanol–water partition coefficient (Wildman–Crippen LogP) is 3.05. The molecule has 0 unspecified atom stereocenters. The molecule has 0 atom stereocenters. The Balaban J connectivity index is 1.78. The number of hydrogen-bond acceptors (Lipinski definition) is 4. The minimum Gasteiger partial charge on any atom is -0.303 e. The number of amides is 1. The number of benzene rings is 2. The van der Waals surface area contributed by atoms with Crippen LogP contribution < -0.4 is 5.32 Å². The van der Waals surface area contributed by atoms with Crippen LogP contribution in [0.15, 0.2) is 58.7 Å². The number of hydrogen-bond donors (Lipinski definition) is 1. The molecular formula is C16H12FN3OS. The maximum Gasteiger partial charge on any atom is 0.236 e. The second kappa shape index (κ2) is 6.53. The summed E-state index contributed by atoms with van der Waals surface area (Å²) in [7, 11) is 0. The molecule has 1 amide bonds. The molecule has 6 heteroatoms. The first-order chi connectivity index (χ1) is 10.7. The van der Waals surface area contributed by atoms with E-state index < -0.39 is 0 Å². The number of amidine groups is 1. The number of halogens is 1. The fourth-order valence-corrected chi connectivity index (χ4v) is 2.62. The summed E-state index contributed by atoms with van der Waals surface area (Å²) in [6.07, 6.45) is 1.60. The van der Waals surface area contributed by atoms with Crippen LogP contribution in [0.4, 0.5) is 4.39 Å². The molecule has 0 saturated carbocycles. The van der Waals surface area contributed by atoms with E-state index in [1.54, 1.807) is 12.3 Å². The molecule has 0 spiro atoms. The van der Waals surface area contributed by atoms with Crippen molar-refractivity contribution in [1.29, 1.82) is 0 Å². The molecule has 0 aromatic heterocycles. The van der Waals surface area contributed by atoms with Gasteiger partial charge in [-0.25, -0.2) is 4.39 Å². The summed E-state index contributed by atoms with van der Waals surface area (Å²) >= 11 is 1.32. The van der Waals surface area contributed by atoms with E-state index in [2.05, 4.69) is 15.5 Å². The van der Waals surface area contributed by atoms with Gasteiger partial charge in [0.25, 0.3) is 0 Å². The number of carbonyl (C=O) groups excluding carboxylic acids is 1. The van der Waals surface area contributed by atoms with Gasteiger partial charge in [-0.15, -0.1) is 5.10 Å². The van der Waals surface area contributed by atoms with Crippen LogP contribution in [0.25, 0.3) is 11.1 Å². The topological polar surface area (TPSA) is 53.8 Å². The predicted molar refractivity (Wildman–Crippen MR) is 87.5 cm³/mol. The molecule has 110 valence electrons. The molecule has 1 fully saturated rings. The van der Waals surface area contributed by atoms with Crippen molar-refractivity contribution in [3.05, 3.63) is 59.9 Å². The summed E-state index contributed by atoms with van der Waals surface area (Å²) in [4.78, 5) is 11.0. The molecule has 22 heavy (non-hydrogen) atoms. The lowest BCUT2D eigenvalue weighted by Crippen LogP contribution is -2.19. The molecule has 3 rings (SSSR count). The van der Waals surface area contributed by atoms with E-state index in [9.17, 15) is 9.18 Å². The second-order valence-corrected chi connectivity index (χ2v) is 5.59. The lowest BCUT2D eigenvalue weighted by atomic mass is 10.0. The SMILES string of the molecule is O=C1CSC(=NN=Cc2cccc(-c3cccc(F)c3)c2)N1. The van der Waals surface area contributed by atoms with E-state index in [1.165, 1.54) is 23.9 Å². The van der Waals surface area contributed by atoms with Crippen molar-refractivity contribution in [2.24, 2.45) is 10.2 Å². The molecule has 4 nitrogen and oxygen atoms in total. The van der Waals surface area contributed by atoms with Crippen molar-refractivity contribution < 1.29 is 9.18 Å². The lowest BCUT2D eigenvalue weighted by molar-refractivity contribution is -0.116. The van der Waals surface area contributed by atoms with Crippen LogP contribution in [0.3, 0.4) is 0 Å². The normalized spacial score (nSPS) is 16.4. The number of carbonyl (C=O) groups is 1. The molecule has 1 aliphatic heterocycles. The monoisotopic (exact) mass is 313 g/mol. The van der Waals surface area contributed by atoms with Crippen LogP contribution in [0, 0.1) is 5.82 Å². The third-order valence-corrected chi connectivity index (χ3v) is 3.85. The fraction of sp³-hybridized carbons (Fsp3) is 0.0625. The zero-order valence-corrected chi connectivity index (χ0v) is 12.3. The van der Waals surface area contributed by atoms with Crippen LogP contribution in [0.1, 0.15) is 5.56 Å². The lowest BCUT2D eigenvalue weighted by Gasteiger charge is -2.02. The highest BCUT2D eigenvalue weighted by Gasteiger charge is 2.15. The number of thioether (sulfide) groups is 1. The van der Waals surface area contributed by atoms with E-state index >= 15 is 0 Å². The fourth-order valence-electron chi connectivity index (χ4n) is 1.99. The minimum absolute atomic E-state index is 0.0629. The smallest absolute Gasteiger partial charge is 0.236 e. The summed E-state index contributed by atoms with van der Waals surface area (Å²) < 4.78 is 13.3. The molecule has 0 radical (unpaired) electrons. The zero-order chi connectivity index (χ0) is 15.4. The number of nitrogens with zero attached hydrogens (tertiary/aromatic N) is 2. The average molecular weight is 313 g/mol. The Labute approximate surface area is 131 Å². The molecule has 1 N–H and O–H groups in total. The Morgan fingerprint density at radius 3 is 2.64 bits per heavy atom. The summed E-state index contributed by atoms with van der Waals surface area (Å²) in [5.41, 5.74) is 2.56. The van der Waals surface area contributed by atoms with Gasteiger partial charge in [-0.1, -0.05) is 42.1 Å². The van der Waals surface area contributed by atoms with Gasteiger partial charge >= 0.3 is 0 Å². The highest BCUT2D eigenvalue weighted by molar-refractivity contribution is 8.15. The maximum atomic E-state index is 13.3. The second-order valence-electron chi connectivity index (χ2n) is 4.62. The van der Waals surface area contributed by atoms with Gasteiger partial charge in [-0.2, -0.15) is 5.10 Å². The van der Waals surface area contributed by atoms with Crippen LogP contribution in [0.5, 0.6) is 0 Å². The van der Waals surface area contributed by atoms with Crippen molar-refractivity contribution in [3.63, 3.8) is 0 Å². The van der Waals surface area contributed by atoms with E-state index in [1.807, 2.05) is 30.3 Å². The van der Waals surface area contributed by atoms with Gasteiger partial charge in [0.05, 0.1) is 12.0 Å². The Hall–Kier alpha value is -2.47. The van der Waals surface area contributed by atoms with Crippen molar-refractivity contribution in [2.75, 3.05) is 5.75 Å². The Bertz CT molecular complexity index is 773. The van der Waals surface area contributed by atoms with Crippen molar-refractivity contribution >= 4 is 29.1 Å². The molecule has 0 bridgehead atoms. The first-order valence-corrected chi connectivity index (χ1v) is 7.59. The van der Waals surface area contributed by atoms with Crippen molar-refractivity contribution in [2.45, 2.75) is 0 Å². The van der Waals surface area contributed by atoms with Gasteiger partial charge < -0.3 is 5.32 Å². The van der Waals surface area contributed by atoms with E-state index in [-0.39, 0.29) is 11.7 Å². The van der Waals surface area contributed by atoms with Crippen LogP contribution in [-0.2, 0) is 4.79 Å². The van der Waals surface area contributed by atoms with Crippen molar-refractivity contribution in [1.82, 2.24) is 5.32 Å². The van der Waals surface area contributed by atoms with E-state index in [0.717, 1.165) is 16.7 Å². The average Bonchev–Trinajstić information content (AvgIpc) is 2.93. The molecule has 1 heterocycles. The largest absolute Gasteiger partial charge is 0.303 e. The Kier molecular flexibility index (Phi) is 4.29. The van der Waals surface area contributed by atoms with Gasteiger partial charge in [0, 0.05) is 0 Å². The Morgan fingerprint density at radius 2 is 1.91 bits per heavy atom. The zero-order valence-electron chi connectivity index (χ0n) is 11.5. The van der Waals surface area contributed by atoms with Gasteiger partial charge in [-0.05, 0) is 34.9 Å². The van der Waals surface area contributed by atoms with E-state index in [4.69, 9.17) is 0 Å². The number of rotatable bonds is 3. The Morgan fingerprint density at radius 1 is 1.14 bits per heavy atom. The highest BCUT2D eigenvalue weighted by atomic mass is 32.2. The standard InChI is InChI=1S/C16H12FN3OS/c17-14-6-2-5-13(8-14)12-4-1-3-11(7-12)9-18-20-16-19-15(21)10-22-16/h1-9H,10H2,(H,19,20,21). The summed E-state index contributed by atoms with van der Waals surface area (Å²) in [6, 6.07) is 14.0. The molecule has 1 saturated heterocycles. The molecule has 1 aliphatic rings. The summed E-state index contributed by atoms with van der Waals surface area (Å²) in [5, 5.41) is 11.0. The van der Waals surface area contributed by atoms with Gasteiger partial charge in [0.2, 0.25) is 5.91 Å². The van der Waals surface area contributed by atoms with Gasteiger partial charge in [-0.3, -0.25) is 4.79 Å². The summed E-state index contributed by atoms with van der Waals surface area (Å²) in [6.45, 7) is 0. The third-order valence-electron chi connectivity index (χ3n) is 2.99. The first-order valence-electron chi connectivity index (χ1n) is 6.60.